The molecule has 0 radical (unpaired) electrons. The van der Waals surface area contributed by atoms with Gasteiger partial charge in [0, 0.05) is 52.2 Å². The number of carbonyl (C=O) groups excluding carboxylic acids is 1. The summed E-state index contributed by atoms with van der Waals surface area (Å²) in [7, 11) is -0.991. The number of benzene rings is 1. The Hall–Kier alpha value is -2.52. The van der Waals surface area contributed by atoms with Crippen molar-refractivity contribution < 1.29 is 9.53 Å². The van der Waals surface area contributed by atoms with Crippen molar-refractivity contribution in [2.75, 3.05) is 69.6 Å². The molecule has 10 nitrogen and oxygen atoms in total. The highest BCUT2D eigenvalue weighted by Crippen LogP contribution is 2.57. The highest BCUT2D eigenvalue weighted by Gasteiger charge is 2.40. The van der Waals surface area contributed by atoms with E-state index in [0.717, 1.165) is 30.6 Å². The maximum Gasteiger partial charge on any atom is 0.354 e. The molecule has 202 valence electrons. The summed E-state index contributed by atoms with van der Waals surface area (Å²) in [5.41, 5.74) is 11.4. The number of carbonyl (C=O) groups is 1. The first-order valence-corrected chi connectivity index (χ1v) is 15.7. The Kier molecular flexibility index (Phi) is 8.23. The standard InChI is InChI=1S/C26H41N7O3P/c1-20(32-15-16-37(4,18-27)19-32)17-36-22-7-5-21(6-8-22)33-10-9-23(29-25(33)35)30-11-13-31(14-12-30)24(34)26(2,3)28/h5-10,20H,11-19,27-28H2,1-4H3/q+1. The molecule has 2 aliphatic rings. The Morgan fingerprint density at radius 1 is 1.14 bits per heavy atom. The summed E-state index contributed by atoms with van der Waals surface area (Å²) in [4.78, 5) is 35.8. The van der Waals surface area contributed by atoms with Gasteiger partial charge in [0.25, 0.3) is 0 Å². The van der Waals surface area contributed by atoms with Crippen molar-refractivity contribution in [1.29, 1.82) is 0 Å². The third-order valence-electron chi connectivity index (χ3n) is 7.35. The average Bonchev–Trinajstić information content (AvgIpc) is 3.29. The Bertz CT molecular complexity index is 1140. The fourth-order valence-electron chi connectivity index (χ4n) is 4.80. The molecule has 1 aromatic carbocycles. The Balaban J connectivity index is 1.32. The molecule has 2 aromatic rings. The summed E-state index contributed by atoms with van der Waals surface area (Å²) in [6.07, 6.45) is 4.90. The van der Waals surface area contributed by atoms with Gasteiger partial charge in [-0.2, -0.15) is 4.98 Å². The third kappa shape index (κ3) is 6.49. The molecule has 0 saturated carbocycles. The lowest BCUT2D eigenvalue weighted by atomic mass is 10.0. The lowest BCUT2D eigenvalue weighted by Gasteiger charge is -2.37. The van der Waals surface area contributed by atoms with Crippen LogP contribution in [-0.4, -0.2) is 102 Å². The first-order valence-electron chi connectivity index (χ1n) is 12.9. The molecule has 0 aliphatic carbocycles. The summed E-state index contributed by atoms with van der Waals surface area (Å²) in [5.74, 6) is 1.32. The predicted molar refractivity (Wildman–Crippen MR) is 150 cm³/mol. The van der Waals surface area contributed by atoms with Gasteiger partial charge < -0.3 is 20.3 Å². The Labute approximate surface area is 219 Å². The summed E-state index contributed by atoms with van der Waals surface area (Å²) < 4.78 is 7.56. The zero-order valence-corrected chi connectivity index (χ0v) is 23.4. The zero-order valence-electron chi connectivity index (χ0n) is 22.5. The van der Waals surface area contributed by atoms with Crippen molar-refractivity contribution in [3.05, 3.63) is 47.0 Å². The van der Waals surface area contributed by atoms with E-state index < -0.39 is 12.8 Å². The second-order valence-corrected chi connectivity index (χ2v) is 15.4. The molecule has 37 heavy (non-hydrogen) atoms. The van der Waals surface area contributed by atoms with Gasteiger partial charge in [0.05, 0.1) is 24.1 Å². The van der Waals surface area contributed by atoms with E-state index >= 15 is 0 Å². The number of aromatic nitrogens is 2. The van der Waals surface area contributed by atoms with E-state index in [2.05, 4.69) is 23.5 Å². The highest BCUT2D eigenvalue weighted by molar-refractivity contribution is 7.75. The maximum atomic E-state index is 12.8. The van der Waals surface area contributed by atoms with Crippen LogP contribution in [0, 0.1) is 0 Å². The van der Waals surface area contributed by atoms with E-state index in [9.17, 15) is 9.59 Å². The monoisotopic (exact) mass is 530 g/mol. The van der Waals surface area contributed by atoms with Crippen LogP contribution >= 0.6 is 7.26 Å². The first kappa shape index (κ1) is 27.5. The summed E-state index contributed by atoms with van der Waals surface area (Å²) in [6.45, 7) is 12.0. The molecule has 2 unspecified atom stereocenters. The lowest BCUT2D eigenvalue weighted by molar-refractivity contribution is -0.136. The van der Waals surface area contributed by atoms with Gasteiger partial charge in [-0.15, -0.1) is 0 Å². The molecule has 0 bridgehead atoms. The van der Waals surface area contributed by atoms with Crippen LogP contribution in [0.4, 0.5) is 5.82 Å². The van der Waals surface area contributed by atoms with Gasteiger partial charge in [0.2, 0.25) is 5.91 Å². The minimum Gasteiger partial charge on any atom is -0.492 e. The molecule has 11 heteroatoms. The number of rotatable bonds is 8. The summed E-state index contributed by atoms with van der Waals surface area (Å²) >= 11 is 0. The van der Waals surface area contributed by atoms with Gasteiger partial charge in [-0.25, -0.2) is 4.79 Å². The summed E-state index contributed by atoms with van der Waals surface area (Å²) in [5, 5.41) is 0. The molecule has 4 rings (SSSR count). The first-order chi connectivity index (χ1) is 17.5. The topological polar surface area (TPSA) is 123 Å². The van der Waals surface area contributed by atoms with Gasteiger partial charge in [-0.1, -0.05) is 0 Å². The van der Waals surface area contributed by atoms with Gasteiger partial charge in [-0.05, 0) is 51.1 Å². The number of ether oxygens (including phenoxy) is 1. The highest BCUT2D eigenvalue weighted by atomic mass is 31.2. The van der Waals surface area contributed by atoms with E-state index in [-0.39, 0.29) is 11.6 Å². The largest absolute Gasteiger partial charge is 0.492 e. The molecule has 0 spiro atoms. The number of piperazine rings is 1. The van der Waals surface area contributed by atoms with Crippen LogP contribution in [0.2, 0.25) is 0 Å². The fraction of sp³-hybridized carbons (Fsp3) is 0.577. The van der Waals surface area contributed by atoms with Crippen molar-refractivity contribution in [3.63, 3.8) is 0 Å². The van der Waals surface area contributed by atoms with Gasteiger partial charge in [0.15, 0.2) is 0 Å². The maximum absolute atomic E-state index is 12.8. The number of anilines is 1. The molecule has 1 amide bonds. The van der Waals surface area contributed by atoms with Gasteiger partial charge in [-0.3, -0.25) is 20.0 Å². The molecule has 3 heterocycles. The molecular formula is C26H41N7O3P+. The van der Waals surface area contributed by atoms with Crippen molar-refractivity contribution in [2.45, 2.75) is 32.4 Å². The molecule has 1 aromatic heterocycles. The lowest BCUT2D eigenvalue weighted by Crippen LogP contribution is -2.57. The number of hydrogen-bond donors (Lipinski definition) is 2. The van der Waals surface area contributed by atoms with E-state index in [0.29, 0.717) is 44.6 Å². The smallest absolute Gasteiger partial charge is 0.354 e. The van der Waals surface area contributed by atoms with Crippen LogP contribution < -0.4 is 26.8 Å². The predicted octanol–water partition coefficient (Wildman–Crippen LogP) is 1.22. The normalized spacial score (nSPS) is 21.8. The minimum atomic E-state index is -0.991. The number of nitrogens with two attached hydrogens (primary N) is 2. The SMILES string of the molecule is CC(COc1ccc(-n2ccc(N3CCN(C(=O)C(C)(C)N)CC3)nc2=O)cc1)N1CC[P+](C)(CN)C1. The number of amides is 1. The molecule has 4 N–H and O–H groups in total. The third-order valence-corrected chi connectivity index (χ3v) is 10.6. The number of nitrogens with zero attached hydrogens (tertiary/aromatic N) is 5. The number of hydrogen-bond acceptors (Lipinski definition) is 8. The Morgan fingerprint density at radius 3 is 2.38 bits per heavy atom. The molecule has 2 aliphatic heterocycles. The second kappa shape index (κ2) is 11.1. The fourth-order valence-corrected chi connectivity index (χ4v) is 7.27. The Morgan fingerprint density at radius 2 is 1.81 bits per heavy atom. The van der Waals surface area contributed by atoms with E-state index in [4.69, 9.17) is 16.2 Å². The summed E-state index contributed by atoms with van der Waals surface area (Å²) in [6, 6.07) is 9.68. The van der Waals surface area contributed by atoms with E-state index in [1.54, 1.807) is 24.9 Å². The molecule has 2 saturated heterocycles. The quantitative estimate of drug-likeness (QED) is 0.489. The van der Waals surface area contributed by atoms with Crippen molar-refractivity contribution in [3.8, 4) is 11.4 Å². The zero-order chi connectivity index (χ0) is 26.8. The van der Waals surface area contributed by atoms with Crippen LogP contribution in [0.5, 0.6) is 5.75 Å². The van der Waals surface area contributed by atoms with Gasteiger partial charge in [0.1, 0.15) is 30.7 Å². The molecule has 2 fully saturated rings. The van der Waals surface area contributed by atoms with Crippen LogP contribution in [-0.2, 0) is 4.79 Å². The minimum absolute atomic E-state index is 0.0654. The van der Waals surface area contributed by atoms with Crippen molar-refractivity contribution in [2.24, 2.45) is 11.5 Å². The van der Waals surface area contributed by atoms with Gasteiger partial charge >= 0.3 is 5.69 Å². The second-order valence-electron chi connectivity index (χ2n) is 11.1. The van der Waals surface area contributed by atoms with Crippen LogP contribution in [0.1, 0.15) is 20.8 Å². The van der Waals surface area contributed by atoms with Crippen molar-refractivity contribution >= 4 is 19.0 Å². The van der Waals surface area contributed by atoms with Crippen molar-refractivity contribution in [1.82, 2.24) is 19.4 Å². The van der Waals surface area contributed by atoms with Crippen LogP contribution in [0.3, 0.4) is 0 Å². The van der Waals surface area contributed by atoms with E-state index in [1.807, 2.05) is 35.2 Å². The molecule has 2 atom stereocenters. The average molecular weight is 531 g/mol. The van der Waals surface area contributed by atoms with Crippen LogP contribution in [0.25, 0.3) is 5.69 Å². The van der Waals surface area contributed by atoms with E-state index in [1.165, 1.54) is 10.7 Å². The van der Waals surface area contributed by atoms with Crippen LogP contribution in [0.15, 0.2) is 41.3 Å². The molecular weight excluding hydrogens is 489 g/mol.